The molecule has 0 aromatic carbocycles. The zero-order chi connectivity index (χ0) is 10.5. The third-order valence-corrected chi connectivity index (χ3v) is 4.97. The minimum atomic E-state index is 1.07. The van der Waals surface area contributed by atoms with Gasteiger partial charge in [-0.05, 0) is 11.8 Å². The van der Waals surface area contributed by atoms with Crippen LogP contribution in [-0.2, 0) is 0 Å². The van der Waals surface area contributed by atoms with Crippen LogP contribution in [0, 0.1) is 11.8 Å². The summed E-state index contributed by atoms with van der Waals surface area (Å²) in [6, 6.07) is 0. The topological polar surface area (TPSA) is 0 Å². The van der Waals surface area contributed by atoms with Gasteiger partial charge in [0, 0.05) is 0 Å². The molecule has 15 heavy (non-hydrogen) atoms. The van der Waals surface area contributed by atoms with Gasteiger partial charge in [0.1, 0.15) is 0 Å². The average Bonchev–Trinajstić information content (AvgIpc) is 2.71. The number of hydrogen-bond donors (Lipinski definition) is 0. The zero-order valence-corrected chi connectivity index (χ0v) is 10.5. The summed E-state index contributed by atoms with van der Waals surface area (Å²) in [7, 11) is 3.83. The van der Waals surface area contributed by atoms with Gasteiger partial charge >= 0.3 is 0 Å². The van der Waals surface area contributed by atoms with E-state index in [9.17, 15) is 0 Å². The third-order valence-electron chi connectivity index (χ3n) is 4.97. The van der Waals surface area contributed by atoms with Crippen LogP contribution in [0.15, 0.2) is 0 Å². The summed E-state index contributed by atoms with van der Waals surface area (Å²) in [5.74, 6) is 3.30. The molecule has 0 aromatic heterocycles. The van der Waals surface area contributed by atoms with Gasteiger partial charge in [-0.3, -0.25) is 0 Å². The normalized spacial score (nSPS) is 34.7. The molecule has 2 unspecified atom stereocenters. The smallest absolute Gasteiger partial charge is 0.0734 e. The number of rotatable bonds is 2. The van der Waals surface area contributed by atoms with E-state index in [2.05, 4.69) is 7.74 Å². The lowest BCUT2D eigenvalue weighted by molar-refractivity contribution is 0.269. The maximum atomic E-state index is 2.40. The van der Waals surface area contributed by atoms with E-state index in [4.69, 9.17) is 0 Å². The molecule has 0 spiro atoms. The fourth-order valence-corrected chi connectivity index (χ4v) is 3.91. The molecule has 2 aliphatic rings. The van der Waals surface area contributed by atoms with E-state index in [1.165, 1.54) is 45.7 Å². The van der Waals surface area contributed by atoms with Gasteiger partial charge < -0.3 is 0 Å². The van der Waals surface area contributed by atoms with Crippen molar-refractivity contribution in [3.63, 3.8) is 0 Å². The van der Waals surface area contributed by atoms with Crippen LogP contribution >= 0.6 is 0 Å². The molecule has 0 saturated heterocycles. The van der Waals surface area contributed by atoms with E-state index in [-0.39, 0.29) is 0 Å². The molecule has 0 N–H and O–H groups in total. The highest BCUT2D eigenvalue weighted by Crippen LogP contribution is 2.40. The predicted molar refractivity (Wildman–Crippen MR) is 72.6 cm³/mol. The molecule has 0 aromatic rings. The van der Waals surface area contributed by atoms with E-state index < -0.39 is 0 Å². The second kappa shape index (κ2) is 6.01. The monoisotopic (exact) mass is 204 g/mol. The Balaban J connectivity index is 1.88. The van der Waals surface area contributed by atoms with E-state index in [0.29, 0.717) is 0 Å². The van der Waals surface area contributed by atoms with Crippen molar-refractivity contribution in [2.45, 2.75) is 70.0 Å². The highest BCUT2D eigenvalue weighted by Gasteiger charge is 2.27. The average molecular weight is 204 g/mol. The maximum Gasteiger partial charge on any atom is 0.0860 e. The highest BCUT2D eigenvalue weighted by atomic mass is 14.3. The first-order chi connectivity index (χ1) is 7.40. The molecule has 2 fully saturated rings. The van der Waals surface area contributed by atoms with E-state index in [0.717, 1.165) is 17.7 Å². The summed E-state index contributed by atoms with van der Waals surface area (Å²) in [4.78, 5) is 0. The van der Waals surface area contributed by atoms with Gasteiger partial charge in [0.15, 0.2) is 0 Å². The Bertz CT molecular complexity index is 175. The Kier molecular flexibility index (Phi) is 4.65. The molecule has 2 rings (SSSR count). The summed E-state index contributed by atoms with van der Waals surface area (Å²) in [6.45, 7) is 0. The van der Waals surface area contributed by atoms with Crippen molar-refractivity contribution in [1.29, 1.82) is 0 Å². The van der Waals surface area contributed by atoms with E-state index in [1.807, 2.05) is 0 Å². The summed E-state index contributed by atoms with van der Waals surface area (Å²) in [5.41, 5.74) is 0. The first kappa shape index (κ1) is 11.6. The van der Waals surface area contributed by atoms with Crippen molar-refractivity contribution in [2.75, 3.05) is 0 Å². The molecule has 2 atom stereocenters. The molecule has 2 heteroatoms. The van der Waals surface area contributed by atoms with E-state index >= 15 is 0 Å². The van der Waals surface area contributed by atoms with Crippen molar-refractivity contribution >= 4 is 14.9 Å². The minimum Gasteiger partial charge on any atom is -0.0734 e. The van der Waals surface area contributed by atoms with Gasteiger partial charge in [0.25, 0.3) is 0 Å². The molecule has 2 aliphatic carbocycles. The van der Waals surface area contributed by atoms with Crippen LogP contribution in [0.3, 0.4) is 0 Å². The molecule has 0 heterocycles. The molecule has 0 bridgehead atoms. The van der Waals surface area contributed by atoms with Gasteiger partial charge in [-0.25, -0.2) is 0 Å². The largest absolute Gasteiger partial charge is 0.0860 e. The molecule has 0 radical (unpaired) electrons. The van der Waals surface area contributed by atoms with Crippen LogP contribution < -0.4 is 0 Å². The van der Waals surface area contributed by atoms with Crippen molar-refractivity contribution in [2.24, 2.45) is 11.8 Å². The van der Waals surface area contributed by atoms with Crippen LogP contribution in [-0.4, -0.2) is 14.9 Å². The lowest BCUT2D eigenvalue weighted by atomic mass is 9.44. The van der Waals surface area contributed by atoms with E-state index in [1.54, 1.807) is 25.7 Å². The van der Waals surface area contributed by atoms with Gasteiger partial charge in [0.05, 0.1) is 14.9 Å². The fraction of sp³-hybridized carbons (Fsp3) is 1.00. The number of hydrogen-bond acceptors (Lipinski definition) is 0. The third kappa shape index (κ3) is 3.29. The second-order valence-corrected chi connectivity index (χ2v) is 5.95. The van der Waals surface area contributed by atoms with Crippen molar-refractivity contribution in [3.8, 4) is 0 Å². The fourth-order valence-electron chi connectivity index (χ4n) is 3.91. The molecule has 84 valence electrons. The van der Waals surface area contributed by atoms with Crippen molar-refractivity contribution < 1.29 is 0 Å². The van der Waals surface area contributed by atoms with Gasteiger partial charge in [-0.2, -0.15) is 0 Å². The maximum absolute atomic E-state index is 2.40. The lowest BCUT2D eigenvalue weighted by Crippen LogP contribution is -2.19. The summed E-state index contributed by atoms with van der Waals surface area (Å²) < 4.78 is 0. The molecule has 2 saturated carbocycles. The summed E-state index contributed by atoms with van der Waals surface area (Å²) in [6.07, 6.45) is 15.4. The van der Waals surface area contributed by atoms with Gasteiger partial charge in [-0.1, -0.05) is 70.0 Å². The Morgan fingerprint density at radius 3 is 2.07 bits per heavy atom. The Hall–Kier alpha value is 0.130. The SMILES string of the molecule is BBC1CCCCCC(C2CCCC2)C1. The Labute approximate surface area is 97.2 Å². The van der Waals surface area contributed by atoms with Gasteiger partial charge in [-0.15, -0.1) is 0 Å². The Morgan fingerprint density at radius 1 is 0.733 bits per heavy atom. The van der Waals surface area contributed by atoms with Crippen LogP contribution in [0.4, 0.5) is 0 Å². The van der Waals surface area contributed by atoms with Crippen LogP contribution in [0.5, 0.6) is 0 Å². The standard InChI is InChI=1S/C13H26B2/c14-15-13-9-3-1-2-8-12(10-13)11-6-4-5-7-11/h11-13,15H,1-10,14H2. The van der Waals surface area contributed by atoms with Crippen molar-refractivity contribution in [3.05, 3.63) is 0 Å². The summed E-state index contributed by atoms with van der Waals surface area (Å²) >= 11 is 0. The molecule has 0 aliphatic heterocycles. The first-order valence-electron chi connectivity index (χ1n) is 7.40. The quantitative estimate of drug-likeness (QED) is 0.606. The van der Waals surface area contributed by atoms with Crippen molar-refractivity contribution in [1.82, 2.24) is 0 Å². The molecule has 0 nitrogen and oxygen atoms in total. The lowest BCUT2D eigenvalue weighted by Gasteiger charge is -2.29. The minimum absolute atomic E-state index is 1.07. The zero-order valence-electron chi connectivity index (χ0n) is 10.5. The molecule has 0 amide bonds. The van der Waals surface area contributed by atoms with Crippen LogP contribution in [0.2, 0.25) is 5.82 Å². The predicted octanol–water partition coefficient (Wildman–Crippen LogP) is 2.92. The Morgan fingerprint density at radius 2 is 1.33 bits per heavy atom. The summed E-state index contributed by atoms with van der Waals surface area (Å²) in [5, 5.41) is 0. The van der Waals surface area contributed by atoms with Crippen LogP contribution in [0.25, 0.3) is 0 Å². The molecular weight excluding hydrogens is 178 g/mol. The highest BCUT2D eigenvalue weighted by molar-refractivity contribution is 6.90. The first-order valence-corrected chi connectivity index (χ1v) is 7.40. The van der Waals surface area contributed by atoms with Gasteiger partial charge in [0.2, 0.25) is 0 Å². The second-order valence-electron chi connectivity index (χ2n) is 5.95. The molecular formula is C13H26B2. The van der Waals surface area contributed by atoms with Crippen LogP contribution in [0.1, 0.15) is 64.2 Å².